The molecule has 0 heterocycles. The fourth-order valence-corrected chi connectivity index (χ4v) is 2.03. The number of rotatable bonds is 2. The Balaban J connectivity index is 2.38. The molecule has 4 nitrogen and oxygen atoms in total. The number of carbonyl (C=O) groups is 2. The molecule has 1 N–H and O–H groups in total. The molecule has 0 aromatic rings. The van der Waals surface area contributed by atoms with E-state index in [0.717, 1.165) is 25.7 Å². The van der Waals surface area contributed by atoms with Crippen molar-refractivity contribution in [1.82, 2.24) is 4.72 Å². The minimum Gasteiger partial charge on any atom is -0.469 e. The molecule has 1 rings (SSSR count). The lowest BCUT2D eigenvalue weighted by Gasteiger charge is -2.25. The zero-order valence-corrected chi connectivity index (χ0v) is 9.05. The summed E-state index contributed by atoms with van der Waals surface area (Å²) in [6.45, 7) is 0. The Labute approximate surface area is 88.9 Å². The van der Waals surface area contributed by atoms with Gasteiger partial charge in [-0.3, -0.25) is 9.59 Å². The first-order chi connectivity index (χ1) is 6.69. The molecular weight excluding hydrogens is 202 g/mol. The van der Waals surface area contributed by atoms with Gasteiger partial charge in [0.15, 0.2) is 0 Å². The number of ether oxygens (including phenoxy) is 1. The smallest absolute Gasteiger partial charge is 0.308 e. The summed E-state index contributed by atoms with van der Waals surface area (Å²) in [4.78, 5) is 22.4. The van der Waals surface area contributed by atoms with Crippen molar-refractivity contribution in [1.29, 1.82) is 0 Å². The number of carbonyl (C=O) groups excluding carboxylic acids is 2. The van der Waals surface area contributed by atoms with Gasteiger partial charge in [-0.15, -0.1) is 0 Å². The fraction of sp³-hybridized carbons (Fsp3) is 0.778. The van der Waals surface area contributed by atoms with Crippen molar-refractivity contribution in [2.45, 2.75) is 25.7 Å². The SMILES string of the molecule is COC(=O)C1CCC(C(=O)NS)CC1. The Morgan fingerprint density at radius 2 is 1.71 bits per heavy atom. The van der Waals surface area contributed by atoms with E-state index >= 15 is 0 Å². The number of hydrogen-bond donors (Lipinski definition) is 2. The number of nitrogens with one attached hydrogen (secondary N) is 1. The van der Waals surface area contributed by atoms with Crippen LogP contribution in [0.2, 0.25) is 0 Å². The van der Waals surface area contributed by atoms with Gasteiger partial charge in [0, 0.05) is 5.92 Å². The average Bonchev–Trinajstić information content (AvgIpc) is 2.27. The zero-order valence-electron chi connectivity index (χ0n) is 8.16. The Bertz CT molecular complexity index is 200. The predicted molar refractivity (Wildman–Crippen MR) is 54.6 cm³/mol. The maximum Gasteiger partial charge on any atom is 0.308 e. The van der Waals surface area contributed by atoms with Gasteiger partial charge in [-0.1, -0.05) is 12.8 Å². The summed E-state index contributed by atoms with van der Waals surface area (Å²) in [5.41, 5.74) is 0. The lowest BCUT2D eigenvalue weighted by molar-refractivity contribution is -0.147. The summed E-state index contributed by atoms with van der Waals surface area (Å²) in [5, 5.41) is 0. The molecule has 0 radical (unpaired) electrons. The van der Waals surface area contributed by atoms with E-state index in [9.17, 15) is 9.59 Å². The van der Waals surface area contributed by atoms with Crippen LogP contribution in [0.1, 0.15) is 25.7 Å². The molecule has 80 valence electrons. The molecule has 5 heteroatoms. The van der Waals surface area contributed by atoms with Gasteiger partial charge in [0.1, 0.15) is 0 Å². The van der Waals surface area contributed by atoms with Crippen molar-refractivity contribution in [3.8, 4) is 0 Å². The second kappa shape index (κ2) is 5.24. The van der Waals surface area contributed by atoms with E-state index in [1.165, 1.54) is 7.11 Å². The van der Waals surface area contributed by atoms with Crippen molar-refractivity contribution in [3.05, 3.63) is 0 Å². The van der Waals surface area contributed by atoms with Crippen LogP contribution in [-0.4, -0.2) is 19.0 Å². The number of thiol groups is 1. The van der Waals surface area contributed by atoms with Gasteiger partial charge in [0.2, 0.25) is 5.91 Å². The van der Waals surface area contributed by atoms with Crippen LogP contribution in [0.15, 0.2) is 0 Å². The van der Waals surface area contributed by atoms with Gasteiger partial charge in [-0.2, -0.15) is 0 Å². The third kappa shape index (κ3) is 2.64. The molecule has 1 aliphatic carbocycles. The number of methoxy groups -OCH3 is 1. The van der Waals surface area contributed by atoms with Crippen LogP contribution in [0.25, 0.3) is 0 Å². The molecule has 1 aliphatic rings. The van der Waals surface area contributed by atoms with Crippen LogP contribution in [0.4, 0.5) is 0 Å². The topological polar surface area (TPSA) is 55.4 Å². The fourth-order valence-electron chi connectivity index (χ4n) is 1.85. The monoisotopic (exact) mass is 217 g/mol. The summed E-state index contributed by atoms with van der Waals surface area (Å²) in [6, 6.07) is 0. The van der Waals surface area contributed by atoms with Gasteiger partial charge in [-0.05, 0) is 25.7 Å². The minimum atomic E-state index is -0.158. The molecule has 0 unspecified atom stereocenters. The molecule has 14 heavy (non-hydrogen) atoms. The molecule has 1 amide bonds. The van der Waals surface area contributed by atoms with Gasteiger partial charge in [0.05, 0.1) is 13.0 Å². The molecule has 0 saturated heterocycles. The lowest BCUT2D eigenvalue weighted by atomic mass is 9.82. The van der Waals surface area contributed by atoms with Gasteiger partial charge >= 0.3 is 5.97 Å². The largest absolute Gasteiger partial charge is 0.469 e. The van der Waals surface area contributed by atoms with Crippen molar-refractivity contribution >= 4 is 24.7 Å². The van der Waals surface area contributed by atoms with Crippen LogP contribution in [0.5, 0.6) is 0 Å². The van der Waals surface area contributed by atoms with Gasteiger partial charge in [-0.25, -0.2) is 0 Å². The highest BCUT2D eigenvalue weighted by atomic mass is 32.1. The van der Waals surface area contributed by atoms with Crippen molar-refractivity contribution in [2.24, 2.45) is 11.8 Å². The van der Waals surface area contributed by atoms with Crippen LogP contribution in [0.3, 0.4) is 0 Å². The van der Waals surface area contributed by atoms with E-state index in [2.05, 4.69) is 22.3 Å². The van der Waals surface area contributed by atoms with E-state index in [-0.39, 0.29) is 23.7 Å². The number of amides is 1. The van der Waals surface area contributed by atoms with Crippen LogP contribution < -0.4 is 4.72 Å². The molecule has 0 aromatic heterocycles. The van der Waals surface area contributed by atoms with Crippen molar-refractivity contribution in [2.75, 3.05) is 7.11 Å². The number of esters is 1. The highest BCUT2D eigenvalue weighted by Gasteiger charge is 2.29. The molecule has 0 spiro atoms. The first-order valence-electron chi connectivity index (χ1n) is 4.70. The van der Waals surface area contributed by atoms with Crippen molar-refractivity contribution < 1.29 is 14.3 Å². The first-order valence-corrected chi connectivity index (χ1v) is 5.15. The maximum atomic E-state index is 11.2. The first kappa shape index (κ1) is 11.4. The molecular formula is C9H15NO3S. The minimum absolute atomic E-state index is 0.00778. The van der Waals surface area contributed by atoms with E-state index in [4.69, 9.17) is 0 Å². The van der Waals surface area contributed by atoms with Gasteiger partial charge < -0.3 is 9.46 Å². The van der Waals surface area contributed by atoms with E-state index in [0.29, 0.717) is 0 Å². The summed E-state index contributed by atoms with van der Waals surface area (Å²) in [5.74, 6) is -0.219. The zero-order chi connectivity index (χ0) is 10.6. The third-order valence-electron chi connectivity index (χ3n) is 2.74. The van der Waals surface area contributed by atoms with Gasteiger partial charge in [0.25, 0.3) is 0 Å². The van der Waals surface area contributed by atoms with E-state index in [1.807, 2.05) is 0 Å². The summed E-state index contributed by atoms with van der Waals surface area (Å²) in [7, 11) is 1.40. The van der Waals surface area contributed by atoms with Crippen LogP contribution in [-0.2, 0) is 14.3 Å². The molecule has 1 fully saturated rings. The average molecular weight is 217 g/mol. The Hall–Kier alpha value is -0.710. The summed E-state index contributed by atoms with van der Waals surface area (Å²) >= 11 is 3.72. The summed E-state index contributed by atoms with van der Waals surface area (Å²) < 4.78 is 6.99. The maximum absolute atomic E-state index is 11.2. The Kier molecular flexibility index (Phi) is 4.25. The molecule has 1 saturated carbocycles. The normalized spacial score (nSPS) is 26.7. The van der Waals surface area contributed by atoms with Crippen molar-refractivity contribution in [3.63, 3.8) is 0 Å². The quantitative estimate of drug-likeness (QED) is 0.534. The molecule has 0 bridgehead atoms. The molecule has 0 atom stereocenters. The second-order valence-corrected chi connectivity index (χ2v) is 3.77. The summed E-state index contributed by atoms with van der Waals surface area (Å²) in [6.07, 6.45) is 2.95. The predicted octanol–water partition coefficient (Wildman–Crippen LogP) is 0.927. The molecule has 0 aromatic carbocycles. The standard InChI is InChI=1S/C9H15NO3S/c1-13-9(12)7-4-2-6(3-5-7)8(11)10-14/h6-7,14H,2-5H2,1H3,(H,10,11). The van der Waals surface area contributed by atoms with E-state index < -0.39 is 0 Å². The Morgan fingerprint density at radius 3 is 2.14 bits per heavy atom. The van der Waals surface area contributed by atoms with Crippen LogP contribution >= 0.6 is 12.8 Å². The van der Waals surface area contributed by atoms with Crippen LogP contribution in [0, 0.1) is 11.8 Å². The van der Waals surface area contributed by atoms with E-state index in [1.54, 1.807) is 0 Å². The highest BCUT2D eigenvalue weighted by Crippen LogP contribution is 2.29. The second-order valence-electron chi connectivity index (χ2n) is 3.55. The number of hydrogen-bond acceptors (Lipinski definition) is 4. The third-order valence-corrected chi connectivity index (χ3v) is 2.96. The Morgan fingerprint density at radius 1 is 1.21 bits per heavy atom. The lowest BCUT2D eigenvalue weighted by Crippen LogP contribution is -2.30. The highest BCUT2D eigenvalue weighted by molar-refractivity contribution is 7.78. The molecule has 0 aliphatic heterocycles.